The van der Waals surface area contributed by atoms with Crippen molar-refractivity contribution in [2.75, 3.05) is 33.4 Å². The van der Waals surface area contributed by atoms with Crippen molar-refractivity contribution in [3.8, 4) is 0 Å². The van der Waals surface area contributed by atoms with Gasteiger partial charge in [-0.3, -0.25) is 14.3 Å². The van der Waals surface area contributed by atoms with Gasteiger partial charge in [-0.05, 0) is 44.9 Å². The van der Waals surface area contributed by atoms with Gasteiger partial charge < -0.3 is 14.3 Å². The lowest BCUT2D eigenvalue weighted by Crippen LogP contribution is -2.39. The van der Waals surface area contributed by atoms with Crippen LogP contribution in [0.1, 0.15) is 40.6 Å². The maximum absolute atomic E-state index is 13.0. The molecule has 160 valence electrons. The molecule has 1 saturated heterocycles. The van der Waals surface area contributed by atoms with Gasteiger partial charge in [0.1, 0.15) is 0 Å². The lowest BCUT2D eigenvalue weighted by atomic mass is 10.0. The van der Waals surface area contributed by atoms with Crippen molar-refractivity contribution < 1.29 is 9.53 Å². The summed E-state index contributed by atoms with van der Waals surface area (Å²) in [6.07, 6.45) is 1.73. The summed E-state index contributed by atoms with van der Waals surface area (Å²) in [7, 11) is 1.69. The molecule has 0 unspecified atom stereocenters. The topological polar surface area (TPSA) is 72.3 Å². The molecule has 1 aliphatic heterocycles. The van der Waals surface area contributed by atoms with Crippen LogP contribution in [0, 0.1) is 13.8 Å². The Morgan fingerprint density at radius 1 is 1.20 bits per heavy atom. The van der Waals surface area contributed by atoms with Crippen molar-refractivity contribution >= 4 is 16.8 Å². The summed E-state index contributed by atoms with van der Waals surface area (Å²) >= 11 is 0. The average Bonchev–Trinajstić information content (AvgIpc) is 3.22. The first kappa shape index (κ1) is 20.6. The summed E-state index contributed by atoms with van der Waals surface area (Å²) in [6, 6.07) is 9.98. The fraction of sp³-hybridized carbons (Fsp3) is 0.478. The van der Waals surface area contributed by atoms with Crippen molar-refractivity contribution in [1.29, 1.82) is 0 Å². The van der Waals surface area contributed by atoms with Gasteiger partial charge in [-0.25, -0.2) is 4.79 Å². The average molecular weight is 411 g/mol. The molecule has 7 heteroatoms. The Morgan fingerprint density at radius 3 is 2.67 bits per heavy atom. The number of ether oxygens (including phenoxy) is 1. The van der Waals surface area contributed by atoms with Gasteiger partial charge in [0.05, 0.1) is 24.2 Å². The number of aryl methyl sites for hydroxylation is 1. The highest BCUT2D eigenvalue weighted by atomic mass is 16.5. The highest BCUT2D eigenvalue weighted by Gasteiger charge is 2.26. The standard InChI is InChI=1S/C23H30N4O3/c1-16-14-19(17(2)26(16)12-13-30-3)22(28)15-25-10-8-18(9-11-25)27-21-7-5-4-6-20(21)24-23(27)29/h4-7,14,18H,8-13,15H2,1-3H3,(H,24,29). The van der Waals surface area contributed by atoms with Crippen molar-refractivity contribution in [3.63, 3.8) is 0 Å². The minimum Gasteiger partial charge on any atom is -0.383 e. The second-order valence-corrected chi connectivity index (χ2v) is 8.18. The third kappa shape index (κ3) is 3.87. The van der Waals surface area contributed by atoms with Gasteiger partial charge in [-0.15, -0.1) is 0 Å². The van der Waals surface area contributed by atoms with Gasteiger partial charge in [0.2, 0.25) is 0 Å². The van der Waals surface area contributed by atoms with E-state index >= 15 is 0 Å². The molecule has 3 heterocycles. The Kier molecular flexibility index (Phi) is 5.92. The van der Waals surface area contributed by atoms with Gasteiger partial charge in [0.15, 0.2) is 5.78 Å². The first-order chi connectivity index (χ1) is 14.5. The number of hydrogen-bond donors (Lipinski definition) is 1. The molecule has 0 bridgehead atoms. The Morgan fingerprint density at radius 2 is 1.93 bits per heavy atom. The number of nitrogens with zero attached hydrogens (tertiary/aromatic N) is 3. The number of aromatic amines is 1. The van der Waals surface area contributed by atoms with Crippen molar-refractivity contribution in [3.05, 3.63) is 57.8 Å². The smallest absolute Gasteiger partial charge is 0.326 e. The Hall–Kier alpha value is -2.64. The number of fused-ring (bicyclic) bond motifs is 1. The number of rotatable bonds is 7. The van der Waals surface area contributed by atoms with Crippen molar-refractivity contribution in [2.45, 2.75) is 39.3 Å². The van der Waals surface area contributed by atoms with Gasteiger partial charge >= 0.3 is 5.69 Å². The molecule has 0 spiro atoms. The molecule has 1 N–H and O–H groups in total. The zero-order valence-corrected chi connectivity index (χ0v) is 18.0. The number of imidazole rings is 1. The monoisotopic (exact) mass is 410 g/mol. The molecule has 0 saturated carbocycles. The molecule has 0 aliphatic carbocycles. The number of para-hydroxylation sites is 2. The van der Waals surface area contributed by atoms with E-state index in [9.17, 15) is 9.59 Å². The number of ketones is 1. The zero-order valence-electron chi connectivity index (χ0n) is 18.0. The van der Waals surface area contributed by atoms with E-state index < -0.39 is 0 Å². The van der Waals surface area contributed by atoms with E-state index in [1.54, 1.807) is 7.11 Å². The Balaban J connectivity index is 1.41. The molecule has 1 aromatic carbocycles. The third-order valence-electron chi connectivity index (χ3n) is 6.31. The summed E-state index contributed by atoms with van der Waals surface area (Å²) in [5.74, 6) is 0.162. The number of hydrogen-bond acceptors (Lipinski definition) is 4. The summed E-state index contributed by atoms with van der Waals surface area (Å²) in [5.41, 5.74) is 4.69. The predicted octanol–water partition coefficient (Wildman–Crippen LogP) is 2.91. The molecular weight excluding hydrogens is 380 g/mol. The molecule has 0 amide bonds. The molecule has 1 aliphatic rings. The van der Waals surface area contributed by atoms with Crippen LogP contribution >= 0.6 is 0 Å². The number of benzene rings is 1. The first-order valence-electron chi connectivity index (χ1n) is 10.6. The van der Waals surface area contributed by atoms with Crippen LogP contribution < -0.4 is 5.69 Å². The molecule has 1 fully saturated rings. The van der Waals surface area contributed by atoms with Gasteiger partial charge in [-0.1, -0.05) is 12.1 Å². The Labute approximate surface area is 176 Å². The molecule has 0 radical (unpaired) electrons. The number of carbonyl (C=O) groups excluding carboxylic acids is 1. The molecule has 7 nitrogen and oxygen atoms in total. The summed E-state index contributed by atoms with van der Waals surface area (Å²) in [6.45, 7) is 7.46. The van der Waals surface area contributed by atoms with Crippen LogP contribution in [0.25, 0.3) is 11.0 Å². The first-order valence-corrected chi connectivity index (χ1v) is 10.6. The van der Waals surface area contributed by atoms with E-state index in [0.29, 0.717) is 13.2 Å². The fourth-order valence-corrected chi connectivity index (χ4v) is 4.67. The van der Waals surface area contributed by atoms with Crippen LogP contribution in [0.3, 0.4) is 0 Å². The van der Waals surface area contributed by atoms with Crippen LogP contribution in [0.2, 0.25) is 0 Å². The number of Topliss-reactive ketones (excluding diaryl/α,β-unsaturated/α-hetero) is 1. The number of carbonyl (C=O) groups is 1. The van der Waals surface area contributed by atoms with Gasteiger partial charge in [-0.2, -0.15) is 0 Å². The number of piperidine rings is 1. The normalized spacial score (nSPS) is 15.8. The maximum Gasteiger partial charge on any atom is 0.326 e. The summed E-state index contributed by atoms with van der Waals surface area (Å²) in [4.78, 5) is 30.6. The van der Waals surface area contributed by atoms with Crippen LogP contribution in [0.4, 0.5) is 0 Å². The fourth-order valence-electron chi connectivity index (χ4n) is 4.67. The lowest BCUT2D eigenvalue weighted by Gasteiger charge is -2.32. The summed E-state index contributed by atoms with van der Waals surface area (Å²) in [5, 5.41) is 0. The van der Waals surface area contributed by atoms with Gasteiger partial charge in [0.25, 0.3) is 0 Å². The molecule has 4 rings (SSSR count). The van der Waals surface area contributed by atoms with E-state index in [2.05, 4.69) is 14.5 Å². The Bertz CT molecular complexity index is 1100. The van der Waals surface area contributed by atoms with E-state index in [1.807, 2.05) is 48.7 Å². The number of nitrogens with one attached hydrogen (secondary N) is 1. The summed E-state index contributed by atoms with van der Waals surface area (Å²) < 4.78 is 9.21. The van der Waals surface area contributed by atoms with E-state index in [-0.39, 0.29) is 17.5 Å². The quantitative estimate of drug-likeness (QED) is 0.608. The minimum absolute atomic E-state index is 0.0470. The minimum atomic E-state index is -0.0470. The van der Waals surface area contributed by atoms with E-state index in [1.165, 1.54) is 0 Å². The number of likely N-dealkylation sites (tertiary alicyclic amines) is 1. The van der Waals surface area contributed by atoms with Crippen LogP contribution in [0.15, 0.2) is 35.1 Å². The number of aromatic nitrogens is 3. The van der Waals surface area contributed by atoms with Crippen LogP contribution in [0.5, 0.6) is 0 Å². The second kappa shape index (κ2) is 8.62. The zero-order chi connectivity index (χ0) is 21.3. The predicted molar refractivity (Wildman–Crippen MR) is 117 cm³/mol. The third-order valence-corrected chi connectivity index (χ3v) is 6.31. The van der Waals surface area contributed by atoms with Gasteiger partial charge in [0, 0.05) is 49.7 Å². The molecule has 30 heavy (non-hydrogen) atoms. The van der Waals surface area contributed by atoms with Crippen molar-refractivity contribution in [2.24, 2.45) is 0 Å². The highest BCUT2D eigenvalue weighted by molar-refractivity contribution is 5.99. The molecule has 3 aromatic rings. The number of methoxy groups -OCH3 is 1. The van der Waals surface area contributed by atoms with Crippen LogP contribution in [-0.4, -0.2) is 58.2 Å². The molecular formula is C23H30N4O3. The van der Waals surface area contributed by atoms with Crippen LogP contribution in [-0.2, 0) is 11.3 Å². The SMILES string of the molecule is COCCn1c(C)cc(C(=O)CN2CCC(n3c(=O)[nH]c4ccccc43)CC2)c1C. The van der Waals surface area contributed by atoms with Crippen molar-refractivity contribution in [1.82, 2.24) is 19.0 Å². The molecule has 0 atom stereocenters. The second-order valence-electron chi connectivity index (χ2n) is 8.18. The maximum atomic E-state index is 13.0. The largest absolute Gasteiger partial charge is 0.383 e. The van der Waals surface area contributed by atoms with E-state index in [4.69, 9.17) is 4.74 Å². The highest BCUT2D eigenvalue weighted by Crippen LogP contribution is 2.25. The van der Waals surface area contributed by atoms with E-state index in [0.717, 1.165) is 60.5 Å². The lowest BCUT2D eigenvalue weighted by molar-refractivity contribution is 0.0897. The number of H-pyrrole nitrogens is 1. The molecule has 2 aromatic heterocycles.